The van der Waals surface area contributed by atoms with E-state index < -0.39 is 10.0 Å². The summed E-state index contributed by atoms with van der Waals surface area (Å²) in [6.07, 6.45) is 0.142. The Morgan fingerprint density at radius 3 is 2.53 bits per heavy atom. The zero-order chi connectivity index (χ0) is 13.6. The number of nitrogens with zero attached hydrogens (tertiary/aromatic N) is 2. The van der Waals surface area contributed by atoms with E-state index >= 15 is 0 Å². The van der Waals surface area contributed by atoms with E-state index in [0.717, 1.165) is 0 Å². The third kappa shape index (κ3) is 2.15. The smallest absolute Gasteiger partial charge is 0.285 e. The van der Waals surface area contributed by atoms with Crippen molar-refractivity contribution in [3.63, 3.8) is 0 Å². The zero-order valence-corrected chi connectivity index (χ0v) is 11.7. The molecule has 1 aromatic rings. The number of hydrogen-bond acceptors (Lipinski definition) is 4. The van der Waals surface area contributed by atoms with E-state index in [4.69, 9.17) is 4.74 Å². The molecule has 19 heavy (non-hydrogen) atoms. The van der Waals surface area contributed by atoms with Gasteiger partial charge in [0.2, 0.25) is 0 Å². The summed E-state index contributed by atoms with van der Waals surface area (Å²) in [5, 5.41) is 0. The van der Waals surface area contributed by atoms with Crippen molar-refractivity contribution in [3.05, 3.63) is 29.8 Å². The molecule has 6 heteroatoms. The second-order valence-electron chi connectivity index (χ2n) is 5.05. The third-order valence-electron chi connectivity index (χ3n) is 3.33. The summed E-state index contributed by atoms with van der Waals surface area (Å²) in [5.74, 6) is 0.553. The summed E-state index contributed by atoms with van der Waals surface area (Å²) in [6, 6.07) is 6.97. The molecule has 2 heterocycles. The van der Waals surface area contributed by atoms with Crippen molar-refractivity contribution in [2.75, 3.05) is 13.1 Å². The molecule has 2 aliphatic rings. The Morgan fingerprint density at radius 2 is 1.84 bits per heavy atom. The molecule has 0 N–H and O–H groups in total. The number of rotatable bonds is 0. The molecule has 1 fully saturated rings. The van der Waals surface area contributed by atoms with Crippen LogP contribution in [0.3, 0.4) is 0 Å². The number of benzene rings is 1. The molecule has 2 atom stereocenters. The fraction of sp³-hybridized carbons (Fsp3) is 0.462. The van der Waals surface area contributed by atoms with E-state index in [1.54, 1.807) is 12.1 Å². The highest BCUT2D eigenvalue weighted by molar-refractivity contribution is 7.90. The maximum atomic E-state index is 12.0. The second kappa shape index (κ2) is 4.31. The van der Waals surface area contributed by atoms with Crippen LogP contribution in [0.15, 0.2) is 33.6 Å². The summed E-state index contributed by atoms with van der Waals surface area (Å²) in [6.45, 7) is 5.29. The van der Waals surface area contributed by atoms with Crippen molar-refractivity contribution < 1.29 is 13.2 Å². The molecule has 0 bridgehead atoms. The molecule has 1 aromatic carbocycles. The third-order valence-corrected chi connectivity index (χ3v) is 4.66. The van der Waals surface area contributed by atoms with Crippen LogP contribution in [0, 0.1) is 0 Å². The lowest BCUT2D eigenvalue weighted by atomic mass is 10.1. The predicted molar refractivity (Wildman–Crippen MR) is 71.7 cm³/mol. The zero-order valence-electron chi connectivity index (χ0n) is 10.9. The van der Waals surface area contributed by atoms with Gasteiger partial charge in [-0.25, -0.2) is 0 Å². The Morgan fingerprint density at radius 1 is 1.21 bits per heavy atom. The first kappa shape index (κ1) is 12.6. The maximum Gasteiger partial charge on any atom is 0.285 e. The van der Waals surface area contributed by atoms with Gasteiger partial charge in [-0.3, -0.25) is 0 Å². The van der Waals surface area contributed by atoms with E-state index in [2.05, 4.69) is 4.40 Å². The van der Waals surface area contributed by atoms with Crippen LogP contribution < -0.4 is 0 Å². The van der Waals surface area contributed by atoms with Gasteiger partial charge in [0.25, 0.3) is 10.0 Å². The lowest BCUT2D eigenvalue weighted by Gasteiger charge is -2.36. The molecular weight excluding hydrogens is 264 g/mol. The minimum Gasteiger partial charge on any atom is -0.372 e. The molecule has 1 saturated heterocycles. The van der Waals surface area contributed by atoms with Gasteiger partial charge in [0, 0.05) is 18.7 Å². The molecule has 2 aliphatic heterocycles. The number of morpholine rings is 1. The van der Waals surface area contributed by atoms with E-state index in [1.807, 2.05) is 30.9 Å². The molecule has 0 aromatic heterocycles. The van der Waals surface area contributed by atoms with Gasteiger partial charge in [-0.15, -0.1) is 4.40 Å². The summed E-state index contributed by atoms with van der Waals surface area (Å²) >= 11 is 0. The van der Waals surface area contributed by atoms with Crippen LogP contribution in [0.1, 0.15) is 19.4 Å². The molecule has 3 rings (SSSR count). The standard InChI is InChI=1S/C13H16N2O3S/c1-9-7-15(8-10(2)18-9)13-11-5-3-4-6-12(11)19(16,17)14-13/h3-6,9-10H,7-8H2,1-2H3. The Bertz CT molecular complexity index is 629. The van der Waals surface area contributed by atoms with Crippen LogP contribution in [0.25, 0.3) is 0 Å². The minimum absolute atomic E-state index is 0.0712. The van der Waals surface area contributed by atoms with E-state index in [-0.39, 0.29) is 12.2 Å². The average Bonchev–Trinajstić information content (AvgIpc) is 2.61. The van der Waals surface area contributed by atoms with Gasteiger partial charge in [0.05, 0.1) is 12.2 Å². The Balaban J connectivity index is 2.03. The van der Waals surface area contributed by atoms with Gasteiger partial charge in [0.1, 0.15) is 4.90 Å². The molecule has 5 nitrogen and oxygen atoms in total. The molecule has 0 saturated carbocycles. The van der Waals surface area contributed by atoms with Crippen molar-refractivity contribution >= 4 is 15.9 Å². The molecular formula is C13H16N2O3S. The Hall–Kier alpha value is -1.40. The van der Waals surface area contributed by atoms with Crippen LogP contribution in [-0.4, -0.2) is 44.5 Å². The summed E-state index contributed by atoms with van der Waals surface area (Å²) < 4.78 is 33.7. The first-order chi connectivity index (χ1) is 8.97. The monoisotopic (exact) mass is 280 g/mol. The highest BCUT2D eigenvalue weighted by Gasteiger charge is 2.34. The summed E-state index contributed by atoms with van der Waals surface area (Å²) in [7, 11) is -3.53. The van der Waals surface area contributed by atoms with E-state index in [0.29, 0.717) is 29.4 Å². The highest BCUT2D eigenvalue weighted by Crippen LogP contribution is 2.28. The van der Waals surface area contributed by atoms with Crippen LogP contribution in [-0.2, 0) is 14.8 Å². The lowest BCUT2D eigenvalue weighted by Crippen LogP contribution is -2.48. The summed E-state index contributed by atoms with van der Waals surface area (Å²) in [5.41, 5.74) is 0.698. The first-order valence-electron chi connectivity index (χ1n) is 6.32. The molecule has 102 valence electrons. The van der Waals surface area contributed by atoms with Crippen LogP contribution >= 0.6 is 0 Å². The topological polar surface area (TPSA) is 59.0 Å². The van der Waals surface area contributed by atoms with Gasteiger partial charge in [-0.2, -0.15) is 8.42 Å². The lowest BCUT2D eigenvalue weighted by molar-refractivity contribution is -0.0478. The van der Waals surface area contributed by atoms with Gasteiger partial charge < -0.3 is 9.64 Å². The summed E-state index contributed by atoms with van der Waals surface area (Å²) in [4.78, 5) is 2.30. The number of hydrogen-bond donors (Lipinski definition) is 0. The van der Waals surface area contributed by atoms with Gasteiger partial charge in [-0.05, 0) is 26.0 Å². The first-order valence-corrected chi connectivity index (χ1v) is 7.76. The fourth-order valence-electron chi connectivity index (χ4n) is 2.67. The van der Waals surface area contributed by atoms with Crippen molar-refractivity contribution in [2.24, 2.45) is 4.40 Å². The van der Waals surface area contributed by atoms with Crippen LogP contribution in [0.5, 0.6) is 0 Å². The number of fused-ring (bicyclic) bond motifs is 1. The van der Waals surface area contributed by atoms with E-state index in [9.17, 15) is 8.42 Å². The number of ether oxygens (including phenoxy) is 1. The normalized spacial score (nSPS) is 28.9. The second-order valence-corrected chi connectivity index (χ2v) is 6.62. The van der Waals surface area contributed by atoms with Crippen LogP contribution in [0.2, 0.25) is 0 Å². The van der Waals surface area contributed by atoms with Crippen molar-refractivity contribution in [3.8, 4) is 0 Å². The quantitative estimate of drug-likeness (QED) is 0.717. The number of sulfonamides is 1. The van der Waals surface area contributed by atoms with Gasteiger partial charge in [0.15, 0.2) is 5.84 Å². The van der Waals surface area contributed by atoms with Crippen molar-refractivity contribution in [1.29, 1.82) is 0 Å². The Labute approximate surface area is 113 Å². The molecule has 0 aliphatic carbocycles. The molecule has 0 amide bonds. The fourth-order valence-corrected chi connectivity index (χ4v) is 3.90. The van der Waals surface area contributed by atoms with Crippen molar-refractivity contribution in [1.82, 2.24) is 4.90 Å². The van der Waals surface area contributed by atoms with Gasteiger partial charge >= 0.3 is 0 Å². The molecule has 0 radical (unpaired) electrons. The largest absolute Gasteiger partial charge is 0.372 e. The van der Waals surface area contributed by atoms with Crippen molar-refractivity contribution in [2.45, 2.75) is 31.0 Å². The Kier molecular flexibility index (Phi) is 2.87. The average molecular weight is 280 g/mol. The SMILES string of the molecule is CC1CN(C2=NS(=O)(=O)c3ccccc32)CC(C)O1. The molecule has 2 unspecified atom stereocenters. The molecule has 0 spiro atoms. The van der Waals surface area contributed by atoms with Gasteiger partial charge in [-0.1, -0.05) is 12.1 Å². The van der Waals surface area contributed by atoms with Crippen LogP contribution in [0.4, 0.5) is 0 Å². The van der Waals surface area contributed by atoms with E-state index in [1.165, 1.54) is 0 Å². The number of amidine groups is 1. The maximum absolute atomic E-state index is 12.0. The minimum atomic E-state index is -3.53. The highest BCUT2D eigenvalue weighted by atomic mass is 32.2. The predicted octanol–water partition coefficient (Wildman–Crippen LogP) is 1.24.